The minimum atomic E-state index is -1.28. The van der Waals surface area contributed by atoms with E-state index in [1.807, 2.05) is 0 Å². The summed E-state index contributed by atoms with van der Waals surface area (Å²) >= 11 is 0. The molecule has 2 heterocycles. The van der Waals surface area contributed by atoms with Gasteiger partial charge in [0.25, 0.3) is 0 Å². The Morgan fingerprint density at radius 1 is 1.07 bits per heavy atom. The fourth-order valence-corrected chi connectivity index (χ4v) is 5.06. The summed E-state index contributed by atoms with van der Waals surface area (Å²) in [6.07, 6.45) is 1.90. The highest BCUT2D eigenvalue weighted by atomic mass is 19.2. The first-order valence-electron chi connectivity index (χ1n) is 14.7. The van der Waals surface area contributed by atoms with Crippen LogP contribution in [0.1, 0.15) is 96.1 Å². The molecule has 0 bridgehead atoms. The molecule has 1 aromatic heterocycles. The third-order valence-electron chi connectivity index (χ3n) is 6.96. The zero-order valence-electron chi connectivity index (χ0n) is 26.1. The second kappa shape index (κ2) is 12.5. The molecule has 1 aromatic carbocycles. The van der Waals surface area contributed by atoms with Crippen molar-refractivity contribution in [3.8, 4) is 11.8 Å². The summed E-state index contributed by atoms with van der Waals surface area (Å²) in [6.45, 7) is 12.2. The lowest BCUT2D eigenvalue weighted by Crippen LogP contribution is -2.43. The first kappa shape index (κ1) is 32.8. The van der Waals surface area contributed by atoms with Crippen LogP contribution in [0.4, 0.5) is 18.4 Å². The molecule has 2 atom stereocenters. The lowest BCUT2D eigenvalue weighted by molar-refractivity contribution is 0.0221. The number of benzene rings is 1. The summed E-state index contributed by atoms with van der Waals surface area (Å²) in [5, 5.41) is 2.60. The molecule has 44 heavy (non-hydrogen) atoms. The van der Waals surface area contributed by atoms with Crippen LogP contribution in [-0.2, 0) is 14.2 Å². The SMILES string of the molecule is CCOC(=O)c1cn(C2CC2)c2c(C#CC[C@H]3C[C@H](NC(=O)OC(C)(C)C)CN3C(=O)OC(C)(C)C)c(F)c(F)cc2c1=O. The van der Waals surface area contributed by atoms with Crippen LogP contribution >= 0.6 is 0 Å². The van der Waals surface area contributed by atoms with E-state index >= 15 is 4.39 Å². The smallest absolute Gasteiger partial charge is 0.410 e. The molecule has 2 aliphatic rings. The zero-order valence-corrected chi connectivity index (χ0v) is 26.1. The highest BCUT2D eigenvalue weighted by Crippen LogP contribution is 2.38. The minimum absolute atomic E-state index is 0.0394. The Morgan fingerprint density at radius 2 is 1.73 bits per heavy atom. The lowest BCUT2D eigenvalue weighted by atomic mass is 10.0. The number of nitrogens with one attached hydrogen (secondary N) is 1. The van der Waals surface area contributed by atoms with Crippen LogP contribution in [-0.4, -0.2) is 64.1 Å². The van der Waals surface area contributed by atoms with E-state index in [1.54, 1.807) is 53.0 Å². The number of aromatic nitrogens is 1. The van der Waals surface area contributed by atoms with Crippen LogP contribution in [0.25, 0.3) is 10.9 Å². The number of carbonyl (C=O) groups is 3. The normalized spacial score (nSPS) is 18.4. The molecule has 0 radical (unpaired) electrons. The third kappa shape index (κ3) is 7.68. The van der Waals surface area contributed by atoms with Gasteiger partial charge in [0.1, 0.15) is 16.8 Å². The first-order valence-corrected chi connectivity index (χ1v) is 14.7. The Balaban J connectivity index is 1.69. The van der Waals surface area contributed by atoms with E-state index in [4.69, 9.17) is 14.2 Å². The monoisotopic (exact) mass is 615 g/mol. The lowest BCUT2D eigenvalue weighted by Gasteiger charge is -2.27. The number of likely N-dealkylation sites (tertiary alicyclic amines) is 1. The van der Waals surface area contributed by atoms with Crippen LogP contribution in [0.2, 0.25) is 0 Å². The number of rotatable bonds is 5. The largest absolute Gasteiger partial charge is 0.462 e. The van der Waals surface area contributed by atoms with Gasteiger partial charge in [-0.2, -0.15) is 0 Å². The maximum Gasteiger partial charge on any atom is 0.410 e. The quantitative estimate of drug-likeness (QED) is 0.271. The van der Waals surface area contributed by atoms with E-state index in [0.717, 1.165) is 18.9 Å². The van der Waals surface area contributed by atoms with E-state index in [0.29, 0.717) is 6.42 Å². The van der Waals surface area contributed by atoms with Crippen molar-refractivity contribution < 1.29 is 37.4 Å². The molecule has 2 amide bonds. The number of pyridine rings is 1. The maximum atomic E-state index is 15.3. The summed E-state index contributed by atoms with van der Waals surface area (Å²) in [6, 6.07) is -0.319. The molecule has 10 nitrogen and oxygen atoms in total. The van der Waals surface area contributed by atoms with Gasteiger partial charge in [0, 0.05) is 31.2 Å². The molecule has 1 N–H and O–H groups in total. The van der Waals surface area contributed by atoms with Crippen molar-refractivity contribution >= 4 is 29.1 Å². The minimum Gasteiger partial charge on any atom is -0.462 e. The van der Waals surface area contributed by atoms with Gasteiger partial charge in [-0.3, -0.25) is 4.79 Å². The Morgan fingerprint density at radius 3 is 2.32 bits per heavy atom. The summed E-state index contributed by atoms with van der Waals surface area (Å²) in [5.41, 5.74) is -2.75. The van der Waals surface area contributed by atoms with Crippen molar-refractivity contribution in [2.75, 3.05) is 13.2 Å². The van der Waals surface area contributed by atoms with Crippen LogP contribution in [0.5, 0.6) is 0 Å². The number of nitrogens with zero attached hydrogens (tertiary/aromatic N) is 2. The van der Waals surface area contributed by atoms with Crippen molar-refractivity contribution in [2.45, 2.75) is 103 Å². The van der Waals surface area contributed by atoms with Crippen molar-refractivity contribution in [3.63, 3.8) is 0 Å². The molecular weight excluding hydrogens is 576 g/mol. The summed E-state index contributed by atoms with van der Waals surface area (Å²) < 4.78 is 47.7. The number of hydrogen-bond donors (Lipinski definition) is 1. The number of esters is 1. The number of carbonyl (C=O) groups excluding carboxylic acids is 3. The topological polar surface area (TPSA) is 116 Å². The number of amides is 2. The highest BCUT2D eigenvalue weighted by Gasteiger charge is 2.38. The molecule has 1 aliphatic carbocycles. The van der Waals surface area contributed by atoms with Crippen LogP contribution in [0.3, 0.4) is 0 Å². The second-order valence-corrected chi connectivity index (χ2v) is 13.0. The van der Waals surface area contributed by atoms with Gasteiger partial charge >= 0.3 is 18.2 Å². The number of ether oxygens (including phenoxy) is 3. The van der Waals surface area contributed by atoms with Gasteiger partial charge in [0.15, 0.2) is 11.6 Å². The summed E-state index contributed by atoms with van der Waals surface area (Å²) in [4.78, 5) is 52.6. The van der Waals surface area contributed by atoms with Gasteiger partial charge in [0.2, 0.25) is 5.43 Å². The van der Waals surface area contributed by atoms with Crippen molar-refractivity contribution in [2.24, 2.45) is 0 Å². The van der Waals surface area contributed by atoms with Crippen LogP contribution < -0.4 is 10.7 Å². The van der Waals surface area contributed by atoms with Crippen LogP contribution in [0, 0.1) is 23.5 Å². The zero-order chi connectivity index (χ0) is 32.6. The molecule has 238 valence electrons. The Labute approximate surface area is 255 Å². The molecule has 1 saturated heterocycles. The first-order chi connectivity index (χ1) is 20.5. The van der Waals surface area contributed by atoms with Crippen molar-refractivity contribution in [3.05, 3.63) is 45.2 Å². The van der Waals surface area contributed by atoms with Gasteiger partial charge in [-0.05, 0) is 73.8 Å². The fraction of sp³-hybridized carbons (Fsp3) is 0.562. The third-order valence-corrected chi connectivity index (χ3v) is 6.96. The van der Waals surface area contributed by atoms with Gasteiger partial charge in [0.05, 0.1) is 29.1 Å². The van der Waals surface area contributed by atoms with Gasteiger partial charge < -0.3 is 29.0 Å². The van der Waals surface area contributed by atoms with E-state index in [-0.39, 0.29) is 47.6 Å². The summed E-state index contributed by atoms with van der Waals surface area (Å²) in [5.74, 6) is 2.24. The molecule has 12 heteroatoms. The van der Waals surface area contributed by atoms with Crippen molar-refractivity contribution in [1.29, 1.82) is 0 Å². The average Bonchev–Trinajstić information content (AvgIpc) is 3.65. The second-order valence-electron chi connectivity index (χ2n) is 13.0. The summed E-state index contributed by atoms with van der Waals surface area (Å²) in [7, 11) is 0. The molecule has 4 rings (SSSR count). The number of alkyl carbamates (subject to hydrolysis) is 1. The number of hydrogen-bond acceptors (Lipinski definition) is 7. The molecular formula is C32H39F2N3O7. The molecule has 2 fully saturated rings. The van der Waals surface area contributed by atoms with E-state index < -0.39 is 58.5 Å². The van der Waals surface area contributed by atoms with E-state index in [9.17, 15) is 23.6 Å². The van der Waals surface area contributed by atoms with Crippen molar-refractivity contribution in [1.82, 2.24) is 14.8 Å². The Bertz CT molecular complexity index is 1590. The van der Waals surface area contributed by atoms with E-state index in [2.05, 4.69) is 17.2 Å². The highest BCUT2D eigenvalue weighted by molar-refractivity contribution is 5.95. The van der Waals surface area contributed by atoms with Gasteiger partial charge in [-0.15, -0.1) is 0 Å². The molecule has 1 saturated carbocycles. The standard InChI is InChI=1S/C32H39F2N3O7/c1-8-42-28(39)23-17-36(19-12-13-19)26-21(25(34)24(33)15-22(26)27(23)38)11-9-10-20-14-18(35-29(40)43-31(2,3)4)16-37(20)30(41)44-32(5,6)7/h15,17-20H,8,10,12-14,16H2,1-7H3,(H,35,40)/t18-,20-/m0/s1. The predicted octanol–water partition coefficient (Wildman–Crippen LogP) is 5.44. The Kier molecular flexibility index (Phi) is 9.28. The molecule has 0 spiro atoms. The fourth-order valence-electron chi connectivity index (χ4n) is 5.06. The average molecular weight is 616 g/mol. The van der Waals surface area contributed by atoms with Gasteiger partial charge in [-0.1, -0.05) is 11.8 Å². The number of halogens is 2. The van der Waals surface area contributed by atoms with Crippen LogP contribution in [0.15, 0.2) is 17.1 Å². The molecule has 0 unspecified atom stereocenters. The molecule has 2 aromatic rings. The predicted molar refractivity (Wildman–Crippen MR) is 158 cm³/mol. The van der Waals surface area contributed by atoms with Gasteiger partial charge in [-0.25, -0.2) is 23.2 Å². The van der Waals surface area contributed by atoms with E-state index in [1.165, 1.54) is 11.1 Å². The maximum absolute atomic E-state index is 15.3. The Hall–Kier alpha value is -4.14. The molecule has 1 aliphatic heterocycles. The number of fused-ring (bicyclic) bond motifs is 1.